The fraction of sp³-hybridized carbons (Fsp3) is 0.353. The molecule has 0 radical (unpaired) electrons. The molecule has 5 heteroatoms. The zero-order valence-corrected chi connectivity index (χ0v) is 12.4. The molecule has 1 saturated heterocycles. The molecule has 5 nitrogen and oxygen atoms in total. The van der Waals surface area contributed by atoms with Gasteiger partial charge in [0.25, 0.3) is 0 Å². The Bertz CT molecular complexity index is 565. The molecule has 0 spiro atoms. The van der Waals surface area contributed by atoms with Gasteiger partial charge in [0.2, 0.25) is 0 Å². The maximum atomic E-state index is 12.1. The Kier molecular flexibility index (Phi) is 4.75. The van der Waals surface area contributed by atoms with Crippen molar-refractivity contribution < 1.29 is 14.3 Å². The quantitative estimate of drug-likeness (QED) is 0.907. The third kappa shape index (κ3) is 3.89. The smallest absolute Gasteiger partial charge is 0.414 e. The van der Waals surface area contributed by atoms with Gasteiger partial charge in [0.15, 0.2) is 0 Å². The van der Waals surface area contributed by atoms with Crippen LogP contribution in [0.25, 0.3) is 0 Å². The molecule has 22 heavy (non-hydrogen) atoms. The average molecular weight is 300 g/mol. The van der Waals surface area contributed by atoms with Crippen LogP contribution in [-0.2, 0) is 16.1 Å². The minimum atomic E-state index is -0.365. The summed E-state index contributed by atoms with van der Waals surface area (Å²) in [7, 11) is 0. The zero-order valence-electron chi connectivity index (χ0n) is 12.4. The van der Waals surface area contributed by atoms with E-state index in [1.54, 1.807) is 6.20 Å². The Hall–Kier alpha value is -2.27. The van der Waals surface area contributed by atoms with Crippen molar-refractivity contribution in [3.8, 4) is 0 Å². The molecular formula is C17H20N2O3. The molecule has 0 unspecified atom stereocenters. The first kappa shape index (κ1) is 14.7. The van der Waals surface area contributed by atoms with Crippen LogP contribution in [0.2, 0.25) is 0 Å². The number of benzene rings is 1. The summed E-state index contributed by atoms with van der Waals surface area (Å²) < 4.78 is 11.0. The Morgan fingerprint density at radius 1 is 1.32 bits per heavy atom. The third-order valence-electron chi connectivity index (χ3n) is 3.68. The van der Waals surface area contributed by atoms with Gasteiger partial charge in [-0.05, 0) is 24.6 Å². The van der Waals surface area contributed by atoms with Gasteiger partial charge >= 0.3 is 6.09 Å². The van der Waals surface area contributed by atoms with Crippen molar-refractivity contribution in [3.05, 3.63) is 60.0 Å². The summed E-state index contributed by atoms with van der Waals surface area (Å²) in [5.74, 6) is 0.691. The molecular weight excluding hydrogens is 280 g/mol. The van der Waals surface area contributed by atoms with Gasteiger partial charge in [0.05, 0.1) is 6.20 Å². The number of carbonyl (C=O) groups is 1. The number of nitrogens with zero attached hydrogens (tertiary/aromatic N) is 1. The predicted octanol–water partition coefficient (Wildman–Crippen LogP) is 2.41. The van der Waals surface area contributed by atoms with Gasteiger partial charge in [0.1, 0.15) is 19.0 Å². The highest BCUT2D eigenvalue weighted by molar-refractivity contribution is 5.69. The highest BCUT2D eigenvalue weighted by atomic mass is 16.6. The largest absolute Gasteiger partial charge is 0.490 e. The molecule has 0 saturated carbocycles. The molecule has 1 fully saturated rings. The van der Waals surface area contributed by atoms with Crippen molar-refractivity contribution in [2.75, 3.05) is 19.7 Å². The lowest BCUT2D eigenvalue weighted by atomic mass is 10.1. The molecule has 1 atom stereocenters. The molecule has 2 heterocycles. The van der Waals surface area contributed by atoms with E-state index in [1.165, 1.54) is 4.90 Å². The summed E-state index contributed by atoms with van der Waals surface area (Å²) in [6.45, 7) is 2.46. The fourth-order valence-corrected chi connectivity index (χ4v) is 2.23. The lowest BCUT2D eigenvalue weighted by Gasteiger charge is -2.28. The minimum Gasteiger partial charge on any atom is -0.490 e. The minimum absolute atomic E-state index is 0.274. The van der Waals surface area contributed by atoms with E-state index in [0.29, 0.717) is 25.0 Å². The summed E-state index contributed by atoms with van der Waals surface area (Å²) >= 11 is 0. The van der Waals surface area contributed by atoms with Crippen molar-refractivity contribution >= 4 is 6.09 Å². The SMILES string of the molecule is O=C(OCc1ccccc1)N1C=C(OC[C@H]2CCN2)C=CC1. The van der Waals surface area contributed by atoms with E-state index in [-0.39, 0.29) is 12.7 Å². The van der Waals surface area contributed by atoms with Crippen molar-refractivity contribution in [3.63, 3.8) is 0 Å². The second-order valence-corrected chi connectivity index (χ2v) is 5.38. The molecule has 1 aromatic carbocycles. The Labute approximate surface area is 130 Å². The number of allylic oxidation sites excluding steroid dienone is 1. The van der Waals surface area contributed by atoms with Crippen LogP contribution in [-0.4, -0.2) is 36.7 Å². The highest BCUT2D eigenvalue weighted by Crippen LogP contribution is 2.13. The van der Waals surface area contributed by atoms with Crippen molar-refractivity contribution in [1.29, 1.82) is 0 Å². The zero-order chi connectivity index (χ0) is 15.2. The molecule has 0 aromatic heterocycles. The lowest BCUT2D eigenvalue weighted by molar-refractivity contribution is 0.108. The summed E-state index contributed by atoms with van der Waals surface area (Å²) in [6, 6.07) is 10.1. The van der Waals surface area contributed by atoms with Crippen LogP contribution in [0.3, 0.4) is 0 Å². The Balaban J connectivity index is 1.48. The van der Waals surface area contributed by atoms with Crippen molar-refractivity contribution in [2.45, 2.75) is 19.1 Å². The molecule has 1 amide bonds. The molecule has 2 aliphatic heterocycles. The van der Waals surface area contributed by atoms with Gasteiger partial charge in [-0.15, -0.1) is 0 Å². The van der Waals surface area contributed by atoms with E-state index in [1.807, 2.05) is 42.5 Å². The lowest BCUT2D eigenvalue weighted by Crippen LogP contribution is -2.45. The van der Waals surface area contributed by atoms with Gasteiger partial charge in [-0.1, -0.05) is 36.4 Å². The molecule has 1 N–H and O–H groups in total. The van der Waals surface area contributed by atoms with Gasteiger partial charge in [-0.25, -0.2) is 4.79 Å². The van der Waals surface area contributed by atoms with Gasteiger partial charge in [-0.2, -0.15) is 0 Å². The maximum Gasteiger partial charge on any atom is 0.414 e. The summed E-state index contributed by atoms with van der Waals surface area (Å²) in [5, 5.41) is 3.28. The Morgan fingerprint density at radius 2 is 2.14 bits per heavy atom. The van der Waals surface area contributed by atoms with Crippen LogP contribution < -0.4 is 5.32 Å². The number of hydrogen-bond donors (Lipinski definition) is 1. The number of nitrogens with one attached hydrogen (secondary N) is 1. The standard InChI is InChI=1S/C17H20N2O3/c20-17(22-12-14-5-2-1-3-6-14)19-10-4-7-16(11-19)21-13-15-8-9-18-15/h1-7,11,15,18H,8-10,12-13H2/t15-/m1/s1. The second-order valence-electron chi connectivity index (χ2n) is 5.38. The van der Waals surface area contributed by atoms with Crippen LogP contribution in [0.4, 0.5) is 4.79 Å². The Morgan fingerprint density at radius 3 is 2.86 bits per heavy atom. The first-order valence-corrected chi connectivity index (χ1v) is 7.53. The highest BCUT2D eigenvalue weighted by Gasteiger charge is 2.19. The monoisotopic (exact) mass is 300 g/mol. The van der Waals surface area contributed by atoms with Crippen LogP contribution >= 0.6 is 0 Å². The second kappa shape index (κ2) is 7.13. The topological polar surface area (TPSA) is 50.8 Å². The first-order valence-electron chi connectivity index (χ1n) is 7.53. The van der Waals surface area contributed by atoms with Gasteiger partial charge in [0, 0.05) is 12.6 Å². The molecule has 0 aliphatic carbocycles. The third-order valence-corrected chi connectivity index (χ3v) is 3.68. The first-order chi connectivity index (χ1) is 10.8. The van der Waals surface area contributed by atoms with E-state index < -0.39 is 0 Å². The predicted molar refractivity (Wildman–Crippen MR) is 82.9 cm³/mol. The number of ether oxygens (including phenoxy) is 2. The van der Waals surface area contributed by atoms with Crippen molar-refractivity contribution in [1.82, 2.24) is 10.2 Å². The average Bonchev–Trinajstić information content (AvgIpc) is 2.52. The van der Waals surface area contributed by atoms with E-state index >= 15 is 0 Å². The van der Waals surface area contributed by atoms with Crippen LogP contribution in [0, 0.1) is 0 Å². The van der Waals surface area contributed by atoms with Crippen LogP contribution in [0.1, 0.15) is 12.0 Å². The van der Waals surface area contributed by atoms with E-state index in [4.69, 9.17) is 9.47 Å². The van der Waals surface area contributed by atoms with Crippen molar-refractivity contribution in [2.24, 2.45) is 0 Å². The van der Waals surface area contributed by atoms with E-state index in [0.717, 1.165) is 18.5 Å². The van der Waals surface area contributed by atoms with Crippen LogP contribution in [0.5, 0.6) is 0 Å². The van der Waals surface area contributed by atoms with Gasteiger partial charge < -0.3 is 14.8 Å². The number of carbonyl (C=O) groups excluding carboxylic acids is 1. The summed E-state index contributed by atoms with van der Waals surface area (Å²) in [4.78, 5) is 13.6. The molecule has 2 aliphatic rings. The number of rotatable bonds is 5. The summed E-state index contributed by atoms with van der Waals surface area (Å²) in [5.41, 5.74) is 0.972. The molecule has 116 valence electrons. The fourth-order valence-electron chi connectivity index (χ4n) is 2.23. The summed E-state index contributed by atoms with van der Waals surface area (Å²) in [6.07, 6.45) is 6.26. The van der Waals surface area contributed by atoms with Crippen LogP contribution in [0.15, 0.2) is 54.4 Å². The number of hydrogen-bond acceptors (Lipinski definition) is 4. The van der Waals surface area contributed by atoms with Gasteiger partial charge in [-0.3, -0.25) is 4.90 Å². The molecule has 3 rings (SSSR count). The number of amides is 1. The van der Waals surface area contributed by atoms with E-state index in [2.05, 4.69) is 5.32 Å². The molecule has 0 bridgehead atoms. The maximum absolute atomic E-state index is 12.1. The molecule has 1 aromatic rings. The normalized spacial score (nSPS) is 20.1. The van der Waals surface area contributed by atoms with E-state index in [9.17, 15) is 4.79 Å².